The zero-order valence-electron chi connectivity index (χ0n) is 32.7. The largest absolute Gasteiger partial charge is 0.287 e. The molecule has 0 aliphatic rings. The monoisotopic (exact) mass is 981 g/mol. The molecule has 0 aliphatic carbocycles. The Morgan fingerprint density at radius 3 is 0.868 bits per heavy atom. The Hall–Kier alpha value is -7.53. The number of pyridine rings is 1. The Bertz CT molecular complexity index is 2810. The van der Waals surface area contributed by atoms with E-state index in [1.807, 2.05) is 42.5 Å². The van der Waals surface area contributed by atoms with Crippen molar-refractivity contribution >= 4 is 39.6 Å². The molecule has 0 atom stereocenters. The maximum Gasteiger partial charge on any atom is 0.256 e. The van der Waals surface area contributed by atoms with Crippen LogP contribution in [-0.4, -0.2) is 17.7 Å². The maximum absolute atomic E-state index is 15.4. The van der Waals surface area contributed by atoms with E-state index in [0.29, 0.717) is 16.8 Å². The minimum atomic E-state index is -7.22. The van der Waals surface area contributed by atoms with Gasteiger partial charge in [-0.1, -0.05) is 60.7 Å². The second kappa shape index (κ2) is 19.0. The highest BCUT2D eigenvalue weighted by molar-refractivity contribution is 7.20. The second-order valence-electron chi connectivity index (χ2n) is 14.0. The van der Waals surface area contributed by atoms with Crippen molar-refractivity contribution in [3.63, 3.8) is 0 Å². The molecule has 0 N–H and O–H groups in total. The molecule has 0 amide bonds. The summed E-state index contributed by atoms with van der Waals surface area (Å²) >= 11 is 0. The normalized spacial score (nSPS) is 11.4. The van der Waals surface area contributed by atoms with Gasteiger partial charge in [-0.15, -0.1) is 21.9 Å². The van der Waals surface area contributed by atoms with Crippen LogP contribution in [0.3, 0.4) is 0 Å². The number of rotatable bonds is 9. The molecule has 0 aliphatic heterocycles. The highest BCUT2D eigenvalue weighted by Gasteiger charge is 2.52. The molecule has 1 aromatic heterocycles. The van der Waals surface area contributed by atoms with E-state index in [2.05, 4.69) is 0 Å². The van der Waals surface area contributed by atoms with Gasteiger partial charge in [0.1, 0.15) is 52.7 Å². The first-order chi connectivity index (χ1) is 32.0. The molecule has 7 aromatic rings. The summed E-state index contributed by atoms with van der Waals surface area (Å²) in [6, 6.07) is 23.6. The second-order valence-corrected chi connectivity index (χ2v) is 14.0. The molecular weight excluding hydrogens is 965 g/mol. The number of hydrogen-bond donors (Lipinski definition) is 0. The first-order valence-electron chi connectivity index (χ1n) is 18.4. The molecule has 6 aromatic carbocycles. The van der Waals surface area contributed by atoms with Crippen LogP contribution in [0.15, 0.2) is 85.1 Å². The molecule has 7 rings (SSSR count). The lowest BCUT2D eigenvalue weighted by atomic mass is 9.12. The highest BCUT2D eigenvalue weighted by atomic mass is 19.2. The lowest BCUT2D eigenvalue weighted by molar-refractivity contribution is -0.684. The number of hydrogen-bond acceptors (Lipinski definition) is 2. The van der Waals surface area contributed by atoms with E-state index in [1.54, 1.807) is 47.2 Å². The van der Waals surface area contributed by atoms with Crippen LogP contribution in [0.4, 0.5) is 87.8 Å². The fourth-order valence-electron chi connectivity index (χ4n) is 7.30. The number of halogens is 20. The molecular formula is C44H16BF20NO2. The van der Waals surface area contributed by atoms with Gasteiger partial charge >= 0.3 is 0 Å². The minimum Gasteiger partial charge on any atom is -0.287 e. The van der Waals surface area contributed by atoms with E-state index in [0.717, 1.165) is 0 Å². The van der Waals surface area contributed by atoms with Crippen molar-refractivity contribution in [2.24, 2.45) is 0 Å². The molecule has 0 spiro atoms. The van der Waals surface area contributed by atoms with Crippen molar-refractivity contribution in [3.05, 3.63) is 218 Å². The number of Topliss-reactive ketones (excluding diaryl/α,β-unsaturated/α-hetero) is 1. The third-order valence-electron chi connectivity index (χ3n) is 10.3. The minimum absolute atomic E-state index is 0.0242. The third-order valence-corrected chi connectivity index (χ3v) is 10.3. The average molecular weight is 981 g/mol. The summed E-state index contributed by atoms with van der Waals surface area (Å²) < 4.78 is 296. The van der Waals surface area contributed by atoms with Crippen LogP contribution in [-0.2, 0) is 6.54 Å². The molecule has 68 heavy (non-hydrogen) atoms. The Balaban J connectivity index is 0.000000276. The van der Waals surface area contributed by atoms with Gasteiger partial charge in [0.05, 0.1) is 0 Å². The van der Waals surface area contributed by atoms with E-state index in [-0.39, 0.29) is 18.1 Å². The van der Waals surface area contributed by atoms with E-state index in [9.17, 15) is 62.3 Å². The predicted octanol–water partition coefficient (Wildman–Crippen LogP) is 8.93. The molecule has 0 radical (unpaired) electrons. The lowest BCUT2D eigenvalue weighted by Gasteiger charge is -2.44. The van der Waals surface area contributed by atoms with Crippen molar-refractivity contribution in [1.29, 1.82) is 0 Å². The number of carbonyl (C=O) groups is 2. The number of carbonyl (C=O) groups excluding carboxylic acids is 2. The summed E-state index contributed by atoms with van der Waals surface area (Å²) in [7, 11) is 0. The standard InChI is InChI=1S/C24BF20.C20H16NO2/c26-5-1(6(27)14(35)21(42)13(5)34)25(2-7(28)15(36)22(43)16(37)8(2)29,3-9(30)17(38)23(44)18(39)10(3)31)4-11(32)19(40)24(45)20(41)12(4)33;22-19(16-9-3-1-4-10-16)15-21-14-8-7-13-18(21)20(23)17-11-5-2-6-12-17/h;1-14H,15H2/q-1;+1. The lowest BCUT2D eigenvalue weighted by Crippen LogP contribution is -2.81. The van der Waals surface area contributed by atoms with E-state index < -0.39 is 144 Å². The van der Waals surface area contributed by atoms with Crippen molar-refractivity contribution < 1.29 is 102 Å². The van der Waals surface area contributed by atoms with Crippen LogP contribution >= 0.6 is 0 Å². The van der Waals surface area contributed by atoms with Crippen LogP contribution in [0, 0.1) is 116 Å². The third kappa shape index (κ3) is 7.99. The Morgan fingerprint density at radius 2 is 0.574 bits per heavy atom. The highest BCUT2D eigenvalue weighted by Crippen LogP contribution is 2.31. The summed E-state index contributed by atoms with van der Waals surface area (Å²) in [4.78, 5) is 25.0. The van der Waals surface area contributed by atoms with Crippen LogP contribution in [0.2, 0.25) is 0 Å². The van der Waals surface area contributed by atoms with Gasteiger partial charge in [0.25, 0.3) is 11.5 Å². The zero-order chi connectivity index (χ0) is 50.4. The quantitative estimate of drug-likeness (QED) is 0.0362. The molecule has 0 bridgehead atoms. The molecule has 1 heterocycles. The van der Waals surface area contributed by atoms with E-state index in [1.165, 1.54) is 0 Å². The van der Waals surface area contributed by atoms with Crippen LogP contribution in [0.25, 0.3) is 0 Å². The molecule has 0 fully saturated rings. The maximum atomic E-state index is 15.4. The molecule has 24 heteroatoms. The number of ketones is 2. The first-order valence-corrected chi connectivity index (χ1v) is 18.4. The van der Waals surface area contributed by atoms with Crippen LogP contribution in [0.5, 0.6) is 0 Å². The van der Waals surface area contributed by atoms with E-state index >= 15 is 35.1 Å². The Kier molecular flexibility index (Phi) is 13.9. The van der Waals surface area contributed by atoms with Crippen molar-refractivity contribution in [2.45, 2.75) is 6.54 Å². The summed E-state index contributed by atoms with van der Waals surface area (Å²) in [5, 5.41) is 0. The van der Waals surface area contributed by atoms with Gasteiger partial charge in [-0.2, -0.15) is 4.57 Å². The number of benzene rings is 6. The predicted molar refractivity (Wildman–Crippen MR) is 197 cm³/mol. The number of nitrogens with zero attached hydrogens (tertiary/aromatic N) is 1. The molecule has 352 valence electrons. The summed E-state index contributed by atoms with van der Waals surface area (Å²) in [6.45, 7) is 0.138. The van der Waals surface area contributed by atoms with Gasteiger partial charge in [-0.3, -0.25) is 9.59 Å². The van der Waals surface area contributed by atoms with Crippen molar-refractivity contribution in [2.75, 3.05) is 0 Å². The van der Waals surface area contributed by atoms with Gasteiger partial charge in [0, 0.05) is 23.3 Å². The average Bonchev–Trinajstić information content (AvgIpc) is 3.34. The smallest absolute Gasteiger partial charge is 0.256 e. The van der Waals surface area contributed by atoms with Crippen molar-refractivity contribution in [1.82, 2.24) is 0 Å². The fourth-order valence-corrected chi connectivity index (χ4v) is 7.30. The molecule has 0 saturated heterocycles. The molecule has 3 nitrogen and oxygen atoms in total. The summed E-state index contributed by atoms with van der Waals surface area (Å²) in [5.41, 5.74) is -12.6. The SMILES string of the molecule is Fc1c(F)c(F)c([B-](c2c(F)c(F)c(F)c(F)c2F)(c2c(F)c(F)c(F)c(F)c2F)c2c(F)c(F)c(F)c(F)c2F)c(F)c1F.O=C(C[n+]1ccccc1C(=O)c1ccccc1)c1ccccc1. The van der Waals surface area contributed by atoms with Gasteiger partial charge in [-0.05, 0) is 6.07 Å². The molecule has 0 unspecified atom stereocenters. The Morgan fingerprint density at radius 1 is 0.324 bits per heavy atom. The summed E-state index contributed by atoms with van der Waals surface area (Å²) in [5.74, 6) is -71.5. The van der Waals surface area contributed by atoms with E-state index in [4.69, 9.17) is 0 Å². The van der Waals surface area contributed by atoms with Crippen LogP contribution in [0.1, 0.15) is 26.4 Å². The summed E-state index contributed by atoms with van der Waals surface area (Å²) in [6.07, 6.45) is -5.46. The van der Waals surface area contributed by atoms with Gasteiger partial charge in [0.2, 0.25) is 12.3 Å². The van der Waals surface area contributed by atoms with Gasteiger partial charge < -0.3 is 0 Å². The van der Waals surface area contributed by atoms with Crippen molar-refractivity contribution in [3.8, 4) is 0 Å². The topological polar surface area (TPSA) is 38.0 Å². The first kappa shape index (κ1) is 49.9. The fraction of sp³-hybridized carbons (Fsp3) is 0.0227. The molecule has 0 saturated carbocycles. The van der Waals surface area contributed by atoms with Crippen LogP contribution < -0.4 is 26.4 Å². The number of aromatic nitrogens is 1. The Labute approximate surface area is 366 Å². The zero-order valence-corrected chi connectivity index (χ0v) is 32.7. The van der Waals surface area contributed by atoms with Gasteiger partial charge in [0.15, 0.2) is 76.0 Å². The van der Waals surface area contributed by atoms with Gasteiger partial charge in [-0.25, -0.2) is 87.8 Å².